The van der Waals surface area contributed by atoms with Crippen LogP contribution in [-0.2, 0) is 0 Å². The number of rotatable bonds is 2. The highest BCUT2D eigenvalue weighted by Crippen LogP contribution is 2.20. The molecule has 3 rings (SSSR count). The van der Waals surface area contributed by atoms with E-state index in [1.807, 2.05) is 36.4 Å². The highest BCUT2D eigenvalue weighted by molar-refractivity contribution is 5.77. The van der Waals surface area contributed by atoms with Crippen LogP contribution in [0.25, 0.3) is 0 Å². The van der Waals surface area contributed by atoms with E-state index >= 15 is 0 Å². The maximum Gasteiger partial charge on any atom is 0.368 e. The van der Waals surface area contributed by atoms with E-state index in [4.69, 9.17) is 0 Å². The summed E-state index contributed by atoms with van der Waals surface area (Å²) in [6.07, 6.45) is 0. The minimum absolute atomic E-state index is 0.444. The fraction of sp³-hybridized carbons (Fsp3) is 0.0667. The fourth-order valence-corrected chi connectivity index (χ4v) is 2.19. The van der Waals surface area contributed by atoms with E-state index in [-0.39, 0.29) is 0 Å². The van der Waals surface area contributed by atoms with Crippen LogP contribution in [0, 0.1) is 11.3 Å². The Morgan fingerprint density at radius 1 is 1.00 bits per heavy atom. The van der Waals surface area contributed by atoms with Gasteiger partial charge in [-0.05, 0) is 11.6 Å². The zero-order valence-electron chi connectivity index (χ0n) is 9.95. The predicted octanol–water partition coefficient (Wildman–Crippen LogP) is 1.71. The van der Waals surface area contributed by atoms with Crippen LogP contribution in [0.5, 0.6) is 0 Å². The number of fused-ring (bicyclic) bond motifs is 1. The number of carbonyl (C=O) groups is 1. The second-order valence-corrected chi connectivity index (χ2v) is 4.19. The van der Waals surface area contributed by atoms with E-state index in [1.54, 1.807) is 12.1 Å². The normalized spacial score (nSPS) is 13.9. The van der Waals surface area contributed by atoms with Gasteiger partial charge in [-0.3, -0.25) is 0 Å². The Bertz CT molecular complexity index is 804. The molecule has 0 saturated heterocycles. The van der Waals surface area contributed by atoms with Crippen LogP contribution in [0.3, 0.4) is 0 Å². The van der Waals surface area contributed by atoms with E-state index in [9.17, 15) is 10.1 Å². The summed E-state index contributed by atoms with van der Waals surface area (Å²) >= 11 is 0. The molecule has 4 heteroatoms. The van der Waals surface area contributed by atoms with Crippen molar-refractivity contribution in [2.45, 2.75) is 5.92 Å². The molecule has 1 atom stereocenters. The average Bonchev–Trinajstić information content (AvgIpc) is 2.82. The molecule has 2 aromatic rings. The number of para-hydroxylation sites is 1. The Morgan fingerprint density at radius 2 is 1.79 bits per heavy atom. The third-order valence-corrected chi connectivity index (χ3v) is 3.04. The zero-order valence-corrected chi connectivity index (χ0v) is 9.95. The number of urea groups is 1. The third-order valence-electron chi connectivity index (χ3n) is 3.04. The molecular formula is C15H9N3O. The van der Waals surface area contributed by atoms with Gasteiger partial charge in [-0.1, -0.05) is 42.5 Å². The predicted molar refractivity (Wildman–Crippen MR) is 68.0 cm³/mol. The lowest BCUT2D eigenvalue weighted by atomic mass is 9.92. The van der Waals surface area contributed by atoms with Gasteiger partial charge >= 0.3 is 6.03 Å². The monoisotopic (exact) mass is 247 g/mol. The molecule has 2 amide bonds. The SMILES string of the molecule is N#CC(c1ccccc1)c1cccc2c1=NC(=O)N=2. The maximum atomic E-state index is 11.3. The van der Waals surface area contributed by atoms with Crippen molar-refractivity contribution in [1.82, 2.24) is 0 Å². The van der Waals surface area contributed by atoms with Crippen LogP contribution in [0.4, 0.5) is 4.79 Å². The molecule has 0 spiro atoms. The molecule has 0 aliphatic carbocycles. The zero-order chi connectivity index (χ0) is 13.2. The lowest BCUT2D eigenvalue weighted by Crippen LogP contribution is -2.27. The number of hydrogen-bond acceptors (Lipinski definition) is 2. The van der Waals surface area contributed by atoms with Crippen LogP contribution in [0.1, 0.15) is 17.0 Å². The van der Waals surface area contributed by atoms with E-state index in [0.29, 0.717) is 10.7 Å². The molecule has 0 radical (unpaired) electrons. The molecule has 1 heterocycles. The van der Waals surface area contributed by atoms with Gasteiger partial charge in [-0.15, -0.1) is 0 Å². The van der Waals surface area contributed by atoms with Gasteiger partial charge in [0.05, 0.1) is 22.7 Å². The summed E-state index contributed by atoms with van der Waals surface area (Å²) in [5, 5.41) is 10.5. The second-order valence-electron chi connectivity index (χ2n) is 4.19. The number of nitriles is 1. The minimum Gasteiger partial charge on any atom is -0.244 e. The van der Waals surface area contributed by atoms with Gasteiger partial charge in [0.15, 0.2) is 0 Å². The van der Waals surface area contributed by atoms with Gasteiger partial charge in [-0.2, -0.15) is 15.2 Å². The highest BCUT2D eigenvalue weighted by atomic mass is 16.2. The maximum absolute atomic E-state index is 11.3. The Kier molecular flexibility index (Phi) is 2.66. The molecule has 0 saturated carbocycles. The van der Waals surface area contributed by atoms with E-state index in [1.165, 1.54) is 0 Å². The Hall–Kier alpha value is -2.80. The van der Waals surface area contributed by atoms with Crippen molar-refractivity contribution in [1.29, 1.82) is 5.26 Å². The lowest BCUT2D eigenvalue weighted by molar-refractivity contribution is 0.256. The molecule has 2 aromatic carbocycles. The van der Waals surface area contributed by atoms with E-state index < -0.39 is 11.9 Å². The first-order valence-electron chi connectivity index (χ1n) is 5.84. The third kappa shape index (κ3) is 1.91. The molecule has 0 fully saturated rings. The molecule has 0 aromatic heterocycles. The summed E-state index contributed by atoms with van der Waals surface area (Å²) in [4.78, 5) is 19.0. The molecule has 0 N–H and O–H groups in total. The summed E-state index contributed by atoms with van der Waals surface area (Å²) in [5.74, 6) is -0.444. The summed E-state index contributed by atoms with van der Waals surface area (Å²) < 4.78 is 0. The Labute approximate surface area is 109 Å². The average molecular weight is 247 g/mol. The van der Waals surface area contributed by atoms with Crippen LogP contribution in [-0.4, -0.2) is 6.03 Å². The van der Waals surface area contributed by atoms with Crippen LogP contribution < -0.4 is 10.7 Å². The number of benzene rings is 2. The summed E-state index contributed by atoms with van der Waals surface area (Å²) in [6, 6.07) is 16.5. The summed E-state index contributed by atoms with van der Waals surface area (Å²) in [5.41, 5.74) is 1.61. The van der Waals surface area contributed by atoms with Gasteiger partial charge in [0.1, 0.15) is 0 Å². The van der Waals surface area contributed by atoms with Gasteiger partial charge in [-0.25, -0.2) is 4.79 Å². The Balaban J connectivity index is 2.23. The number of carbonyl (C=O) groups excluding carboxylic acids is 1. The van der Waals surface area contributed by atoms with Crippen molar-refractivity contribution in [3.63, 3.8) is 0 Å². The number of amides is 2. The van der Waals surface area contributed by atoms with Crippen molar-refractivity contribution >= 4 is 6.03 Å². The van der Waals surface area contributed by atoms with E-state index in [0.717, 1.165) is 11.1 Å². The van der Waals surface area contributed by atoms with Gasteiger partial charge in [0.25, 0.3) is 0 Å². The summed E-state index contributed by atoms with van der Waals surface area (Å²) in [7, 11) is 0. The molecule has 90 valence electrons. The highest BCUT2D eigenvalue weighted by Gasteiger charge is 2.18. The molecule has 1 unspecified atom stereocenters. The largest absolute Gasteiger partial charge is 0.368 e. The lowest BCUT2D eigenvalue weighted by Gasteiger charge is -2.09. The standard InChI is InChI=1S/C15H9N3O/c16-9-12(10-5-2-1-3-6-10)11-7-4-8-13-14(11)18-15(19)17-13/h1-8,12H. The van der Waals surface area contributed by atoms with Crippen LogP contribution in [0.15, 0.2) is 58.5 Å². The van der Waals surface area contributed by atoms with Crippen molar-refractivity contribution < 1.29 is 4.79 Å². The molecule has 0 bridgehead atoms. The second kappa shape index (κ2) is 4.46. The van der Waals surface area contributed by atoms with E-state index in [2.05, 4.69) is 16.1 Å². The van der Waals surface area contributed by atoms with Crippen molar-refractivity contribution in [3.05, 3.63) is 70.4 Å². The van der Waals surface area contributed by atoms with Gasteiger partial charge in [0, 0.05) is 5.56 Å². The van der Waals surface area contributed by atoms with Gasteiger partial charge in [0.2, 0.25) is 0 Å². The minimum atomic E-state index is -0.507. The molecule has 1 aliphatic rings. The molecule has 4 nitrogen and oxygen atoms in total. The first-order valence-corrected chi connectivity index (χ1v) is 5.84. The van der Waals surface area contributed by atoms with Crippen molar-refractivity contribution in [2.75, 3.05) is 0 Å². The number of hydrogen-bond donors (Lipinski definition) is 0. The molecule has 1 aliphatic heterocycles. The van der Waals surface area contributed by atoms with Crippen molar-refractivity contribution in [3.8, 4) is 6.07 Å². The first-order chi connectivity index (χ1) is 9.29. The topological polar surface area (TPSA) is 65.6 Å². The number of nitrogens with zero attached hydrogens (tertiary/aromatic N) is 3. The molecule has 19 heavy (non-hydrogen) atoms. The van der Waals surface area contributed by atoms with Crippen LogP contribution >= 0.6 is 0 Å². The molecular weight excluding hydrogens is 238 g/mol. The smallest absolute Gasteiger partial charge is 0.244 e. The van der Waals surface area contributed by atoms with Crippen molar-refractivity contribution in [2.24, 2.45) is 9.98 Å². The fourth-order valence-electron chi connectivity index (χ4n) is 2.19. The van der Waals surface area contributed by atoms with Gasteiger partial charge < -0.3 is 0 Å². The van der Waals surface area contributed by atoms with Crippen LogP contribution in [0.2, 0.25) is 0 Å². The summed E-state index contributed by atoms with van der Waals surface area (Å²) in [6.45, 7) is 0. The Morgan fingerprint density at radius 3 is 2.53 bits per heavy atom. The first kappa shape index (κ1) is 11.3. The quantitative estimate of drug-likeness (QED) is 0.810.